The van der Waals surface area contributed by atoms with Gasteiger partial charge in [0.1, 0.15) is 11.5 Å². The van der Waals surface area contributed by atoms with Gasteiger partial charge in [0, 0.05) is 42.7 Å². The maximum absolute atomic E-state index is 13.5. The Morgan fingerprint density at radius 3 is 2.50 bits per heavy atom. The normalized spacial score (nSPS) is 12.2. The van der Waals surface area contributed by atoms with E-state index in [0.29, 0.717) is 41.3 Å². The highest BCUT2D eigenvalue weighted by molar-refractivity contribution is 6.09. The lowest BCUT2D eigenvalue weighted by molar-refractivity contribution is 0.0986. The maximum Gasteiger partial charge on any atom is 0.259 e. The third-order valence-electron chi connectivity index (χ3n) is 6.25. The number of hydrogen-bond donors (Lipinski definition) is 1. The lowest BCUT2D eigenvalue weighted by Crippen LogP contribution is -2.32. The summed E-state index contributed by atoms with van der Waals surface area (Å²) in [6.45, 7) is 0.546. The Morgan fingerprint density at radius 2 is 1.75 bits per heavy atom. The molecule has 2 amide bonds. The maximum atomic E-state index is 13.5. The molecule has 1 N–H and O–H groups in total. The zero-order valence-corrected chi connectivity index (χ0v) is 20.3. The molecule has 8 heteroatoms. The van der Waals surface area contributed by atoms with E-state index < -0.39 is 0 Å². The summed E-state index contributed by atoms with van der Waals surface area (Å²) < 4.78 is 12.3. The molecule has 8 nitrogen and oxygen atoms in total. The summed E-state index contributed by atoms with van der Waals surface area (Å²) >= 11 is 0. The summed E-state index contributed by atoms with van der Waals surface area (Å²) in [5.74, 6) is 0.585. The van der Waals surface area contributed by atoms with Gasteiger partial charge in [0.15, 0.2) is 0 Å². The van der Waals surface area contributed by atoms with Crippen molar-refractivity contribution in [3.8, 4) is 22.8 Å². The number of hydrogen-bond acceptors (Lipinski definition) is 5. The van der Waals surface area contributed by atoms with Gasteiger partial charge in [-0.2, -0.15) is 5.10 Å². The van der Waals surface area contributed by atoms with Crippen molar-refractivity contribution >= 4 is 23.2 Å². The smallest absolute Gasteiger partial charge is 0.259 e. The molecule has 0 fully saturated rings. The quantitative estimate of drug-likeness (QED) is 0.451. The SMILES string of the molecule is COc1ccc(C(=O)Nc2ccc(C(=O)N3CCc4cn(C)nc4-c4ccccc43)cc2)c(OC)c1. The fourth-order valence-corrected chi connectivity index (χ4v) is 4.46. The molecule has 1 aliphatic heterocycles. The van der Waals surface area contributed by atoms with Crippen LogP contribution in [0.1, 0.15) is 26.3 Å². The molecule has 0 spiro atoms. The molecule has 3 aromatic carbocycles. The largest absolute Gasteiger partial charge is 0.497 e. The molecule has 0 saturated heterocycles. The van der Waals surface area contributed by atoms with Crippen molar-refractivity contribution in [3.63, 3.8) is 0 Å². The number of rotatable bonds is 5. The monoisotopic (exact) mass is 482 g/mol. The summed E-state index contributed by atoms with van der Waals surface area (Å²) in [4.78, 5) is 28.2. The van der Waals surface area contributed by atoms with E-state index in [2.05, 4.69) is 10.4 Å². The van der Waals surface area contributed by atoms with Gasteiger partial charge >= 0.3 is 0 Å². The third kappa shape index (κ3) is 4.29. The van der Waals surface area contributed by atoms with E-state index >= 15 is 0 Å². The van der Waals surface area contributed by atoms with Crippen LogP contribution in [0.2, 0.25) is 0 Å². The minimum atomic E-state index is -0.319. The number of aryl methyl sites for hydroxylation is 1. The van der Waals surface area contributed by atoms with Gasteiger partial charge in [-0.15, -0.1) is 0 Å². The molecule has 0 atom stereocenters. The van der Waals surface area contributed by atoms with Crippen molar-refractivity contribution in [2.75, 3.05) is 31.0 Å². The van der Waals surface area contributed by atoms with Gasteiger partial charge in [-0.05, 0) is 54.4 Å². The zero-order valence-electron chi connectivity index (χ0n) is 20.3. The Bertz CT molecular complexity index is 1440. The molecule has 0 unspecified atom stereocenters. The highest BCUT2D eigenvalue weighted by atomic mass is 16.5. The van der Waals surface area contributed by atoms with Crippen LogP contribution in [0.25, 0.3) is 11.3 Å². The van der Waals surface area contributed by atoms with Crippen LogP contribution in [-0.4, -0.2) is 42.4 Å². The van der Waals surface area contributed by atoms with E-state index in [1.807, 2.05) is 42.2 Å². The number of para-hydroxylation sites is 1. The molecule has 5 rings (SSSR count). The lowest BCUT2D eigenvalue weighted by Gasteiger charge is -2.23. The number of amides is 2. The number of nitrogens with one attached hydrogen (secondary N) is 1. The molecule has 0 bridgehead atoms. The van der Waals surface area contributed by atoms with Gasteiger partial charge in [-0.3, -0.25) is 14.3 Å². The molecule has 1 aromatic heterocycles. The van der Waals surface area contributed by atoms with Crippen LogP contribution in [0.4, 0.5) is 11.4 Å². The molecule has 0 radical (unpaired) electrons. The van der Waals surface area contributed by atoms with Crippen LogP contribution in [0.15, 0.2) is 72.9 Å². The van der Waals surface area contributed by atoms with Gasteiger partial charge < -0.3 is 19.7 Å². The second kappa shape index (κ2) is 9.58. The second-order valence-corrected chi connectivity index (χ2v) is 8.50. The molecular formula is C28H26N4O4. The first-order valence-electron chi connectivity index (χ1n) is 11.6. The Kier molecular flexibility index (Phi) is 6.16. The van der Waals surface area contributed by atoms with Crippen LogP contribution in [0.5, 0.6) is 11.5 Å². The topological polar surface area (TPSA) is 85.7 Å². The summed E-state index contributed by atoms with van der Waals surface area (Å²) in [6.07, 6.45) is 2.72. The number of fused-ring (bicyclic) bond motifs is 3. The molecule has 1 aliphatic rings. The van der Waals surface area contributed by atoms with Crippen LogP contribution in [-0.2, 0) is 13.5 Å². The number of anilines is 2. The van der Waals surface area contributed by atoms with Gasteiger partial charge in [-0.1, -0.05) is 18.2 Å². The van der Waals surface area contributed by atoms with Gasteiger partial charge in [-0.25, -0.2) is 0 Å². The molecule has 4 aromatic rings. The van der Waals surface area contributed by atoms with E-state index in [4.69, 9.17) is 9.47 Å². The molecule has 36 heavy (non-hydrogen) atoms. The Labute approximate surface area is 209 Å². The Hall–Kier alpha value is -4.59. The van der Waals surface area contributed by atoms with Crippen molar-refractivity contribution in [1.82, 2.24) is 9.78 Å². The van der Waals surface area contributed by atoms with Crippen LogP contribution < -0.4 is 19.7 Å². The van der Waals surface area contributed by atoms with Gasteiger partial charge in [0.25, 0.3) is 11.8 Å². The lowest BCUT2D eigenvalue weighted by atomic mass is 10.1. The van der Waals surface area contributed by atoms with Crippen LogP contribution >= 0.6 is 0 Å². The first-order valence-corrected chi connectivity index (χ1v) is 11.6. The molecule has 2 heterocycles. The van der Waals surface area contributed by atoms with Crippen molar-refractivity contribution < 1.29 is 19.1 Å². The van der Waals surface area contributed by atoms with Gasteiger partial charge in [0.05, 0.1) is 31.2 Å². The van der Waals surface area contributed by atoms with Gasteiger partial charge in [0.2, 0.25) is 0 Å². The van der Waals surface area contributed by atoms with Crippen LogP contribution in [0.3, 0.4) is 0 Å². The minimum absolute atomic E-state index is 0.105. The van der Waals surface area contributed by atoms with Crippen molar-refractivity contribution in [3.05, 3.63) is 89.6 Å². The minimum Gasteiger partial charge on any atom is -0.497 e. The first kappa shape index (κ1) is 23.2. The predicted molar refractivity (Wildman–Crippen MR) is 138 cm³/mol. The fourth-order valence-electron chi connectivity index (χ4n) is 4.46. The molecule has 0 aliphatic carbocycles. The number of ether oxygens (including phenoxy) is 2. The van der Waals surface area contributed by atoms with Crippen molar-refractivity contribution in [1.29, 1.82) is 0 Å². The number of methoxy groups -OCH3 is 2. The summed E-state index contributed by atoms with van der Waals surface area (Å²) in [6, 6.07) is 19.7. The standard InChI is InChI=1S/C28H26N4O4/c1-31-17-19-14-15-32(24-7-5-4-6-22(24)26(19)30-31)28(34)18-8-10-20(11-9-18)29-27(33)23-13-12-21(35-2)16-25(23)36-3/h4-13,16-17H,14-15H2,1-3H3,(H,29,33). The Balaban J connectivity index is 1.36. The highest BCUT2D eigenvalue weighted by Crippen LogP contribution is 2.36. The number of carbonyl (C=O) groups is 2. The summed E-state index contributed by atoms with van der Waals surface area (Å²) in [7, 11) is 4.96. The first-order chi connectivity index (χ1) is 17.5. The summed E-state index contributed by atoms with van der Waals surface area (Å²) in [5, 5.41) is 7.49. The molecular weight excluding hydrogens is 456 g/mol. The van der Waals surface area contributed by atoms with E-state index in [9.17, 15) is 9.59 Å². The van der Waals surface area contributed by atoms with E-state index in [1.54, 1.807) is 54.5 Å². The summed E-state index contributed by atoms with van der Waals surface area (Å²) in [5.41, 5.74) is 5.30. The molecule has 182 valence electrons. The average Bonchev–Trinajstić information content (AvgIpc) is 3.21. The highest BCUT2D eigenvalue weighted by Gasteiger charge is 2.26. The predicted octanol–water partition coefficient (Wildman–Crippen LogP) is 4.56. The van der Waals surface area contributed by atoms with E-state index in [-0.39, 0.29) is 11.8 Å². The second-order valence-electron chi connectivity index (χ2n) is 8.50. The van der Waals surface area contributed by atoms with Crippen LogP contribution in [0, 0.1) is 0 Å². The fraction of sp³-hybridized carbons (Fsp3) is 0.179. The van der Waals surface area contributed by atoms with Crippen molar-refractivity contribution in [2.45, 2.75) is 6.42 Å². The van der Waals surface area contributed by atoms with E-state index in [0.717, 1.165) is 22.5 Å². The number of benzene rings is 3. The van der Waals surface area contributed by atoms with Crippen molar-refractivity contribution in [2.24, 2.45) is 7.05 Å². The average molecular weight is 483 g/mol. The molecule has 0 saturated carbocycles. The zero-order chi connectivity index (χ0) is 25.2. The number of nitrogens with zero attached hydrogens (tertiary/aromatic N) is 3. The Morgan fingerprint density at radius 1 is 0.972 bits per heavy atom. The number of aromatic nitrogens is 2. The number of carbonyl (C=O) groups excluding carboxylic acids is 2. The van der Waals surface area contributed by atoms with E-state index in [1.165, 1.54) is 7.11 Å². The third-order valence-corrected chi connectivity index (χ3v) is 6.25.